The number of hydrogen-bond donors (Lipinski definition) is 1. The normalized spacial score (nSPS) is 11.0. The van der Waals surface area contributed by atoms with Crippen LogP contribution in [0.2, 0.25) is 10.0 Å². The first-order chi connectivity index (χ1) is 14.3. The summed E-state index contributed by atoms with van der Waals surface area (Å²) in [5.41, 5.74) is 0.688. The molecular formula is C21H18Cl2N2O4S. The van der Waals surface area contributed by atoms with Gasteiger partial charge in [0, 0.05) is 10.0 Å². The van der Waals surface area contributed by atoms with Crippen molar-refractivity contribution in [3.05, 3.63) is 82.8 Å². The summed E-state index contributed by atoms with van der Waals surface area (Å²) in [5.74, 6) is -0.156. The number of nitrogens with one attached hydrogen (secondary N) is 1. The van der Waals surface area contributed by atoms with Gasteiger partial charge < -0.3 is 10.1 Å². The number of hydrogen-bond acceptors (Lipinski definition) is 4. The molecule has 0 radical (unpaired) electrons. The third-order valence-corrected chi connectivity index (χ3v) is 6.44. The van der Waals surface area contributed by atoms with Crippen LogP contribution in [0.5, 0.6) is 5.75 Å². The minimum Gasteiger partial charge on any atom is -0.495 e. The minimum atomic E-state index is -4.03. The molecule has 0 aliphatic heterocycles. The SMILES string of the molecule is COc1ccc(Cl)cc1NC(=O)CN(c1ccccc1)S(=O)(=O)c1ccc(Cl)cc1. The van der Waals surface area contributed by atoms with Crippen LogP contribution in [-0.2, 0) is 14.8 Å². The number of nitrogens with zero attached hydrogens (tertiary/aromatic N) is 1. The number of anilines is 2. The van der Waals surface area contributed by atoms with Gasteiger partial charge in [-0.25, -0.2) is 8.42 Å². The van der Waals surface area contributed by atoms with Gasteiger partial charge in [0.05, 0.1) is 23.4 Å². The summed E-state index contributed by atoms with van der Waals surface area (Å²) in [6.45, 7) is -0.454. The molecule has 3 rings (SSSR count). The lowest BCUT2D eigenvalue weighted by Crippen LogP contribution is -2.38. The fraction of sp³-hybridized carbons (Fsp3) is 0.0952. The number of carbonyl (C=O) groups excluding carboxylic acids is 1. The van der Waals surface area contributed by atoms with E-state index >= 15 is 0 Å². The van der Waals surface area contributed by atoms with Crippen molar-refractivity contribution in [2.24, 2.45) is 0 Å². The van der Waals surface area contributed by atoms with Gasteiger partial charge in [0.2, 0.25) is 5.91 Å². The van der Waals surface area contributed by atoms with E-state index in [1.54, 1.807) is 42.5 Å². The van der Waals surface area contributed by atoms with Crippen LogP contribution in [0.3, 0.4) is 0 Å². The molecule has 0 bridgehead atoms. The lowest BCUT2D eigenvalue weighted by atomic mass is 10.3. The Balaban J connectivity index is 1.93. The zero-order chi connectivity index (χ0) is 21.7. The van der Waals surface area contributed by atoms with Gasteiger partial charge in [0.1, 0.15) is 12.3 Å². The number of benzene rings is 3. The molecule has 0 saturated heterocycles. The fourth-order valence-corrected chi connectivity index (χ4v) is 4.46. The van der Waals surface area contributed by atoms with Crippen LogP contribution in [0.25, 0.3) is 0 Å². The Bertz CT molecular complexity index is 1140. The van der Waals surface area contributed by atoms with E-state index in [0.29, 0.717) is 27.2 Å². The largest absolute Gasteiger partial charge is 0.495 e. The van der Waals surface area contributed by atoms with Gasteiger partial charge in [-0.15, -0.1) is 0 Å². The van der Waals surface area contributed by atoms with E-state index in [4.69, 9.17) is 27.9 Å². The van der Waals surface area contributed by atoms with Crippen LogP contribution in [0, 0.1) is 0 Å². The van der Waals surface area contributed by atoms with Gasteiger partial charge in [0.15, 0.2) is 0 Å². The topological polar surface area (TPSA) is 75.7 Å². The van der Waals surface area contributed by atoms with Crippen molar-refractivity contribution in [1.29, 1.82) is 0 Å². The highest BCUT2D eigenvalue weighted by Crippen LogP contribution is 2.29. The van der Waals surface area contributed by atoms with Crippen LogP contribution >= 0.6 is 23.2 Å². The maximum Gasteiger partial charge on any atom is 0.264 e. The number of halogens is 2. The number of ether oxygens (including phenoxy) is 1. The Morgan fingerprint density at radius 3 is 2.23 bits per heavy atom. The molecule has 0 fully saturated rings. The van der Waals surface area contributed by atoms with Gasteiger partial charge in [-0.05, 0) is 54.6 Å². The second kappa shape index (κ2) is 9.38. The number of para-hydroxylation sites is 1. The molecule has 156 valence electrons. The average Bonchev–Trinajstić information content (AvgIpc) is 2.73. The molecule has 1 amide bonds. The van der Waals surface area contributed by atoms with E-state index in [9.17, 15) is 13.2 Å². The van der Waals surface area contributed by atoms with Gasteiger partial charge in [-0.2, -0.15) is 0 Å². The van der Waals surface area contributed by atoms with Crippen molar-refractivity contribution >= 4 is 50.5 Å². The van der Waals surface area contributed by atoms with Crippen molar-refractivity contribution < 1.29 is 17.9 Å². The second-order valence-electron chi connectivity index (χ2n) is 6.19. The maximum atomic E-state index is 13.3. The van der Waals surface area contributed by atoms with Crippen molar-refractivity contribution in [1.82, 2.24) is 0 Å². The van der Waals surface area contributed by atoms with Crippen LogP contribution in [0.4, 0.5) is 11.4 Å². The molecule has 0 heterocycles. The Labute approximate surface area is 185 Å². The van der Waals surface area contributed by atoms with Gasteiger partial charge >= 0.3 is 0 Å². The van der Waals surface area contributed by atoms with E-state index in [1.807, 2.05) is 0 Å². The smallest absolute Gasteiger partial charge is 0.264 e. The molecule has 0 aromatic heterocycles. The van der Waals surface area contributed by atoms with E-state index < -0.39 is 22.5 Å². The first-order valence-electron chi connectivity index (χ1n) is 8.78. The second-order valence-corrected chi connectivity index (χ2v) is 8.93. The average molecular weight is 465 g/mol. The molecule has 3 aromatic carbocycles. The third-order valence-electron chi connectivity index (χ3n) is 4.17. The molecule has 3 aromatic rings. The summed E-state index contributed by atoms with van der Waals surface area (Å²) in [7, 11) is -2.57. The van der Waals surface area contributed by atoms with Crippen molar-refractivity contribution in [2.45, 2.75) is 4.90 Å². The van der Waals surface area contributed by atoms with E-state index in [2.05, 4.69) is 5.32 Å². The number of sulfonamides is 1. The van der Waals surface area contributed by atoms with Crippen molar-refractivity contribution in [3.63, 3.8) is 0 Å². The molecular weight excluding hydrogens is 447 g/mol. The summed E-state index contributed by atoms with van der Waals surface area (Å²) in [6, 6.07) is 18.9. The van der Waals surface area contributed by atoms with Crippen LogP contribution < -0.4 is 14.4 Å². The Morgan fingerprint density at radius 1 is 0.967 bits per heavy atom. The quantitative estimate of drug-likeness (QED) is 0.542. The Hall–Kier alpha value is -2.74. The van der Waals surface area contributed by atoms with Gasteiger partial charge in [-0.1, -0.05) is 41.4 Å². The summed E-state index contributed by atoms with van der Waals surface area (Å²) < 4.78 is 32.8. The summed E-state index contributed by atoms with van der Waals surface area (Å²) >= 11 is 11.9. The molecule has 6 nitrogen and oxygen atoms in total. The summed E-state index contributed by atoms with van der Waals surface area (Å²) in [4.78, 5) is 12.8. The molecule has 1 N–H and O–H groups in total. The molecule has 30 heavy (non-hydrogen) atoms. The standard InChI is InChI=1S/C21H18Cl2N2O4S/c1-29-20-12-9-16(23)13-19(20)24-21(26)14-25(17-5-3-2-4-6-17)30(27,28)18-10-7-15(22)8-11-18/h2-13H,14H2,1H3,(H,24,26). The first kappa shape index (κ1) is 22.0. The Morgan fingerprint density at radius 2 is 1.60 bits per heavy atom. The highest BCUT2D eigenvalue weighted by molar-refractivity contribution is 7.92. The predicted octanol–water partition coefficient (Wildman–Crippen LogP) is 4.84. The lowest BCUT2D eigenvalue weighted by molar-refractivity contribution is -0.114. The third kappa shape index (κ3) is 5.05. The highest BCUT2D eigenvalue weighted by atomic mass is 35.5. The van der Waals surface area contributed by atoms with Gasteiger partial charge in [-0.3, -0.25) is 9.10 Å². The zero-order valence-corrected chi connectivity index (χ0v) is 18.2. The molecule has 0 aliphatic rings. The fourth-order valence-electron chi connectivity index (χ4n) is 2.74. The molecule has 0 saturated carbocycles. The van der Waals surface area contributed by atoms with Crippen LogP contribution in [0.15, 0.2) is 77.7 Å². The highest BCUT2D eigenvalue weighted by Gasteiger charge is 2.27. The maximum absolute atomic E-state index is 13.3. The summed E-state index contributed by atoms with van der Waals surface area (Å²) in [6.07, 6.45) is 0. The molecule has 0 unspecified atom stereocenters. The monoisotopic (exact) mass is 464 g/mol. The number of methoxy groups -OCH3 is 1. The predicted molar refractivity (Wildman–Crippen MR) is 119 cm³/mol. The molecule has 0 atom stereocenters. The zero-order valence-electron chi connectivity index (χ0n) is 15.9. The van der Waals surface area contributed by atoms with Crippen molar-refractivity contribution in [3.8, 4) is 5.75 Å². The molecule has 0 spiro atoms. The Kier molecular flexibility index (Phi) is 6.87. The van der Waals surface area contributed by atoms with E-state index in [1.165, 1.54) is 37.4 Å². The minimum absolute atomic E-state index is 0.0175. The number of rotatable bonds is 7. The van der Waals surface area contributed by atoms with E-state index in [-0.39, 0.29) is 4.90 Å². The molecule has 9 heteroatoms. The summed E-state index contributed by atoms with van der Waals surface area (Å²) in [5, 5.41) is 3.47. The van der Waals surface area contributed by atoms with E-state index in [0.717, 1.165) is 4.31 Å². The number of amides is 1. The van der Waals surface area contributed by atoms with Gasteiger partial charge in [0.25, 0.3) is 10.0 Å². The molecule has 0 aliphatic carbocycles. The van der Waals surface area contributed by atoms with Crippen molar-refractivity contribution in [2.75, 3.05) is 23.3 Å². The lowest BCUT2D eigenvalue weighted by Gasteiger charge is -2.24. The van der Waals surface area contributed by atoms with Crippen LogP contribution in [0.1, 0.15) is 0 Å². The van der Waals surface area contributed by atoms with Crippen LogP contribution in [-0.4, -0.2) is 28.0 Å². The number of carbonyl (C=O) groups is 1. The first-order valence-corrected chi connectivity index (χ1v) is 11.0.